The number of anilines is 1. The van der Waals surface area contributed by atoms with Gasteiger partial charge in [-0.25, -0.2) is 4.79 Å². The molecule has 0 aliphatic heterocycles. The number of methoxy groups -OCH3 is 1. The molecule has 0 bridgehead atoms. The van der Waals surface area contributed by atoms with E-state index in [1.54, 1.807) is 13.2 Å². The molecule has 0 saturated carbocycles. The Balaban J connectivity index is 2.10. The minimum absolute atomic E-state index is 0.0308. The number of furan rings is 1. The highest BCUT2D eigenvalue weighted by Crippen LogP contribution is 2.18. The van der Waals surface area contributed by atoms with E-state index in [1.165, 1.54) is 6.26 Å². The van der Waals surface area contributed by atoms with Crippen LogP contribution in [0.25, 0.3) is 0 Å². The first-order valence-corrected chi connectivity index (χ1v) is 5.82. The molecule has 0 atom stereocenters. The molecule has 5 heteroatoms. The lowest BCUT2D eigenvalue weighted by atomic mass is 10.1. The predicted octanol–water partition coefficient (Wildman–Crippen LogP) is 2.74. The van der Waals surface area contributed by atoms with Crippen LogP contribution in [0.5, 0.6) is 0 Å². The maximum absolute atomic E-state index is 10.9. The summed E-state index contributed by atoms with van der Waals surface area (Å²) in [5.74, 6) is -1.09. The third-order valence-corrected chi connectivity index (χ3v) is 2.73. The number of carbonyl (C=O) groups is 1. The Kier molecular flexibility index (Phi) is 4.20. The summed E-state index contributed by atoms with van der Waals surface area (Å²) in [4.78, 5) is 10.9. The highest BCUT2D eigenvalue weighted by molar-refractivity contribution is 5.86. The molecular weight excluding hydrogens is 246 g/mol. The summed E-state index contributed by atoms with van der Waals surface area (Å²) in [7, 11) is 1.63. The molecule has 100 valence electrons. The summed E-state index contributed by atoms with van der Waals surface area (Å²) < 4.78 is 10.0. The summed E-state index contributed by atoms with van der Waals surface area (Å²) in [5.41, 5.74) is 2.55. The third kappa shape index (κ3) is 3.14. The molecule has 0 radical (unpaired) electrons. The zero-order chi connectivity index (χ0) is 13.7. The molecule has 0 spiro atoms. The SMILES string of the molecule is COCc1ccccc1NCc1ccoc1C(=O)O. The van der Waals surface area contributed by atoms with Gasteiger partial charge in [0, 0.05) is 30.5 Å². The highest BCUT2D eigenvalue weighted by atomic mass is 16.5. The minimum atomic E-state index is -1.06. The number of carboxylic acids is 1. The molecule has 0 aliphatic rings. The lowest BCUT2D eigenvalue weighted by molar-refractivity contribution is 0.0661. The van der Waals surface area contributed by atoms with Gasteiger partial charge in [0.25, 0.3) is 0 Å². The van der Waals surface area contributed by atoms with Gasteiger partial charge in [-0.05, 0) is 12.1 Å². The van der Waals surface area contributed by atoms with Gasteiger partial charge >= 0.3 is 5.97 Å². The first-order chi connectivity index (χ1) is 9.22. The van der Waals surface area contributed by atoms with Gasteiger partial charge in [0.05, 0.1) is 12.9 Å². The Morgan fingerprint density at radius 3 is 2.84 bits per heavy atom. The monoisotopic (exact) mass is 261 g/mol. The van der Waals surface area contributed by atoms with E-state index in [0.29, 0.717) is 18.7 Å². The molecule has 1 heterocycles. The fourth-order valence-corrected chi connectivity index (χ4v) is 1.83. The van der Waals surface area contributed by atoms with Gasteiger partial charge in [-0.1, -0.05) is 18.2 Å². The van der Waals surface area contributed by atoms with Crippen LogP contribution >= 0.6 is 0 Å². The van der Waals surface area contributed by atoms with Crippen molar-refractivity contribution in [3.05, 3.63) is 53.5 Å². The number of nitrogens with one attached hydrogen (secondary N) is 1. The van der Waals surface area contributed by atoms with Gasteiger partial charge < -0.3 is 19.6 Å². The lowest BCUT2D eigenvalue weighted by Crippen LogP contribution is -2.06. The second-order valence-corrected chi connectivity index (χ2v) is 4.02. The van der Waals surface area contributed by atoms with E-state index < -0.39 is 5.97 Å². The summed E-state index contributed by atoms with van der Waals surface area (Å²) in [6, 6.07) is 9.37. The minimum Gasteiger partial charge on any atom is -0.475 e. The van der Waals surface area contributed by atoms with Crippen LogP contribution in [0.15, 0.2) is 41.0 Å². The van der Waals surface area contributed by atoms with Gasteiger partial charge in [-0.15, -0.1) is 0 Å². The van der Waals surface area contributed by atoms with Gasteiger partial charge in [0.2, 0.25) is 5.76 Å². The highest BCUT2D eigenvalue weighted by Gasteiger charge is 2.13. The molecule has 0 amide bonds. The molecule has 2 rings (SSSR count). The normalized spacial score (nSPS) is 10.4. The third-order valence-electron chi connectivity index (χ3n) is 2.73. The average Bonchev–Trinajstić information content (AvgIpc) is 2.86. The van der Waals surface area contributed by atoms with E-state index in [4.69, 9.17) is 14.3 Å². The quantitative estimate of drug-likeness (QED) is 0.836. The van der Waals surface area contributed by atoms with Crippen LogP contribution in [-0.4, -0.2) is 18.2 Å². The fraction of sp³-hybridized carbons (Fsp3) is 0.214. The van der Waals surface area contributed by atoms with Crippen molar-refractivity contribution in [3.8, 4) is 0 Å². The van der Waals surface area contributed by atoms with Crippen LogP contribution in [0, 0.1) is 0 Å². The smallest absolute Gasteiger partial charge is 0.372 e. The van der Waals surface area contributed by atoms with Crippen molar-refractivity contribution >= 4 is 11.7 Å². The van der Waals surface area contributed by atoms with Gasteiger partial charge in [-0.3, -0.25) is 0 Å². The molecular formula is C14H15NO4. The molecule has 0 saturated heterocycles. The first-order valence-electron chi connectivity index (χ1n) is 5.82. The van der Waals surface area contributed by atoms with E-state index in [-0.39, 0.29) is 5.76 Å². The number of ether oxygens (including phenoxy) is 1. The number of aromatic carboxylic acids is 1. The van der Waals surface area contributed by atoms with Crippen LogP contribution in [0.2, 0.25) is 0 Å². The van der Waals surface area contributed by atoms with E-state index >= 15 is 0 Å². The van der Waals surface area contributed by atoms with E-state index in [1.807, 2.05) is 24.3 Å². The van der Waals surface area contributed by atoms with Crippen LogP contribution < -0.4 is 5.32 Å². The predicted molar refractivity (Wildman–Crippen MR) is 70.1 cm³/mol. The standard InChI is InChI=1S/C14H15NO4/c1-18-9-11-4-2-3-5-12(11)15-8-10-6-7-19-13(10)14(16)17/h2-7,15H,8-9H2,1H3,(H,16,17). The number of para-hydroxylation sites is 1. The Hall–Kier alpha value is -2.27. The van der Waals surface area contributed by atoms with Gasteiger partial charge in [-0.2, -0.15) is 0 Å². The van der Waals surface area contributed by atoms with Crippen LogP contribution in [0.3, 0.4) is 0 Å². The zero-order valence-electron chi connectivity index (χ0n) is 10.6. The van der Waals surface area contributed by atoms with Crippen molar-refractivity contribution in [2.75, 3.05) is 12.4 Å². The summed E-state index contributed by atoms with van der Waals surface area (Å²) >= 11 is 0. The number of benzene rings is 1. The fourth-order valence-electron chi connectivity index (χ4n) is 1.83. The lowest BCUT2D eigenvalue weighted by Gasteiger charge is -2.10. The number of hydrogen-bond donors (Lipinski definition) is 2. The van der Waals surface area contributed by atoms with E-state index in [9.17, 15) is 4.79 Å². The number of hydrogen-bond acceptors (Lipinski definition) is 4. The van der Waals surface area contributed by atoms with Crippen molar-refractivity contribution in [3.63, 3.8) is 0 Å². The van der Waals surface area contributed by atoms with Crippen LogP contribution in [0.4, 0.5) is 5.69 Å². The van der Waals surface area contributed by atoms with Crippen molar-refractivity contribution in [2.24, 2.45) is 0 Å². The molecule has 0 aliphatic carbocycles. The molecule has 2 N–H and O–H groups in total. The van der Waals surface area contributed by atoms with Crippen molar-refractivity contribution in [1.82, 2.24) is 0 Å². The molecule has 19 heavy (non-hydrogen) atoms. The summed E-state index contributed by atoms with van der Waals surface area (Å²) in [6.07, 6.45) is 1.38. The summed E-state index contributed by atoms with van der Waals surface area (Å²) in [6.45, 7) is 0.888. The second kappa shape index (κ2) is 6.06. The average molecular weight is 261 g/mol. The van der Waals surface area contributed by atoms with E-state index in [2.05, 4.69) is 5.32 Å². The van der Waals surface area contributed by atoms with Crippen molar-refractivity contribution < 1.29 is 19.1 Å². The Morgan fingerprint density at radius 2 is 2.11 bits per heavy atom. The second-order valence-electron chi connectivity index (χ2n) is 4.02. The van der Waals surface area contributed by atoms with Crippen molar-refractivity contribution in [2.45, 2.75) is 13.2 Å². The van der Waals surface area contributed by atoms with E-state index in [0.717, 1.165) is 11.3 Å². The largest absolute Gasteiger partial charge is 0.475 e. The Morgan fingerprint density at radius 1 is 1.32 bits per heavy atom. The maximum atomic E-state index is 10.9. The van der Waals surface area contributed by atoms with Gasteiger partial charge in [0.1, 0.15) is 0 Å². The molecule has 1 aromatic heterocycles. The molecule has 2 aromatic rings. The molecule has 0 fully saturated rings. The molecule has 5 nitrogen and oxygen atoms in total. The summed E-state index contributed by atoms with van der Waals surface area (Å²) in [5, 5.41) is 12.1. The Labute approximate surface area is 110 Å². The number of rotatable bonds is 6. The maximum Gasteiger partial charge on any atom is 0.372 e. The zero-order valence-corrected chi connectivity index (χ0v) is 10.6. The number of carboxylic acid groups (broad SMARTS) is 1. The van der Waals surface area contributed by atoms with Crippen LogP contribution in [-0.2, 0) is 17.9 Å². The van der Waals surface area contributed by atoms with Crippen molar-refractivity contribution in [1.29, 1.82) is 0 Å². The van der Waals surface area contributed by atoms with Gasteiger partial charge in [0.15, 0.2) is 0 Å². The first kappa shape index (κ1) is 13.2. The molecule has 0 unspecified atom stereocenters. The van der Waals surface area contributed by atoms with Crippen LogP contribution in [0.1, 0.15) is 21.7 Å². The topological polar surface area (TPSA) is 71.7 Å². The molecule has 1 aromatic carbocycles. The Bertz CT molecular complexity index is 562.